The van der Waals surface area contributed by atoms with E-state index in [0.29, 0.717) is 31.0 Å². The number of alkyl halides is 1. The summed E-state index contributed by atoms with van der Waals surface area (Å²) in [6.07, 6.45) is 1.05. The van der Waals surface area contributed by atoms with Crippen molar-refractivity contribution in [2.45, 2.75) is 38.6 Å². The van der Waals surface area contributed by atoms with E-state index in [1.165, 1.54) is 0 Å². The average Bonchev–Trinajstić information content (AvgIpc) is 2.78. The van der Waals surface area contributed by atoms with Crippen LogP contribution in [0.2, 0.25) is 5.02 Å². The first-order chi connectivity index (χ1) is 10.0. The number of rotatable bonds is 6. The molecule has 1 aromatic carbocycles. The van der Waals surface area contributed by atoms with Crippen LogP contribution in [0.1, 0.15) is 37.9 Å². The maximum Gasteiger partial charge on any atom is 0.305 e. The molecule has 1 unspecified atom stereocenters. The van der Waals surface area contributed by atoms with Crippen molar-refractivity contribution >= 4 is 40.2 Å². The fourth-order valence-electron chi connectivity index (χ4n) is 2.27. The fourth-order valence-corrected chi connectivity index (χ4v) is 2.60. The van der Waals surface area contributed by atoms with Crippen LogP contribution in [0.25, 0.3) is 11.0 Å². The molecule has 0 aliphatic rings. The number of hydrogen-bond acceptors (Lipinski definition) is 3. The molecule has 0 N–H and O–H groups in total. The topological polar surface area (TPSA) is 44.1 Å². The Labute approximate surface area is 134 Å². The molecule has 1 aromatic heterocycles. The van der Waals surface area contributed by atoms with Gasteiger partial charge in [0.15, 0.2) is 0 Å². The zero-order valence-electron chi connectivity index (χ0n) is 12.1. The van der Waals surface area contributed by atoms with Crippen molar-refractivity contribution < 1.29 is 9.53 Å². The normalized spacial score (nSPS) is 12.6. The minimum Gasteiger partial charge on any atom is -0.466 e. The molecule has 0 fully saturated rings. The third-order valence-corrected chi connectivity index (χ3v) is 3.59. The predicted octanol–water partition coefficient (Wildman–Crippen LogP) is 4.33. The molecule has 0 saturated heterocycles. The lowest BCUT2D eigenvalue weighted by molar-refractivity contribution is -0.143. The number of aromatic nitrogens is 2. The summed E-state index contributed by atoms with van der Waals surface area (Å²) < 4.78 is 6.96. The second-order valence-electron chi connectivity index (χ2n) is 4.78. The molecular formula is C15H18Cl2N2O2. The maximum atomic E-state index is 11.4. The number of carbonyl (C=O) groups excluding carboxylic acids is 1. The SMILES string of the molecule is CCOC(=O)CCCn1c(C(C)Cl)nc2ccc(Cl)cc21. The molecule has 0 spiro atoms. The first-order valence-electron chi connectivity index (χ1n) is 6.98. The number of nitrogens with zero attached hydrogens (tertiary/aromatic N) is 2. The summed E-state index contributed by atoms with van der Waals surface area (Å²) >= 11 is 12.3. The average molecular weight is 329 g/mol. The van der Waals surface area contributed by atoms with Gasteiger partial charge in [-0.3, -0.25) is 4.79 Å². The summed E-state index contributed by atoms with van der Waals surface area (Å²) in [6, 6.07) is 5.56. The third-order valence-electron chi connectivity index (χ3n) is 3.16. The van der Waals surface area contributed by atoms with Crippen molar-refractivity contribution in [2.75, 3.05) is 6.61 Å². The first kappa shape index (κ1) is 16.1. The van der Waals surface area contributed by atoms with E-state index in [1.54, 1.807) is 6.92 Å². The number of ether oxygens (including phenoxy) is 1. The lowest BCUT2D eigenvalue weighted by Gasteiger charge is -2.10. The number of hydrogen-bond donors (Lipinski definition) is 0. The van der Waals surface area contributed by atoms with Crippen molar-refractivity contribution in [3.05, 3.63) is 29.0 Å². The summed E-state index contributed by atoms with van der Waals surface area (Å²) in [5.41, 5.74) is 1.80. The van der Waals surface area contributed by atoms with Gasteiger partial charge in [0, 0.05) is 18.0 Å². The zero-order chi connectivity index (χ0) is 15.4. The minimum absolute atomic E-state index is 0.180. The number of esters is 1. The highest BCUT2D eigenvalue weighted by atomic mass is 35.5. The van der Waals surface area contributed by atoms with Gasteiger partial charge in [-0.1, -0.05) is 11.6 Å². The quantitative estimate of drug-likeness (QED) is 0.585. The summed E-state index contributed by atoms with van der Waals surface area (Å²) in [5, 5.41) is 0.446. The molecule has 2 aromatic rings. The molecule has 1 heterocycles. The molecule has 1 atom stereocenters. The molecule has 2 rings (SSSR count). The van der Waals surface area contributed by atoms with Crippen LogP contribution >= 0.6 is 23.2 Å². The van der Waals surface area contributed by atoms with E-state index in [4.69, 9.17) is 27.9 Å². The first-order valence-corrected chi connectivity index (χ1v) is 7.79. The van der Waals surface area contributed by atoms with Gasteiger partial charge in [-0.05, 0) is 38.5 Å². The minimum atomic E-state index is -0.209. The largest absolute Gasteiger partial charge is 0.466 e. The summed E-state index contributed by atoms with van der Waals surface area (Å²) in [7, 11) is 0. The fraction of sp³-hybridized carbons (Fsp3) is 0.467. The second-order valence-corrected chi connectivity index (χ2v) is 5.87. The van der Waals surface area contributed by atoms with E-state index in [-0.39, 0.29) is 11.3 Å². The molecule has 21 heavy (non-hydrogen) atoms. The Kier molecular flexibility index (Phi) is 5.48. The van der Waals surface area contributed by atoms with Crippen molar-refractivity contribution in [3.63, 3.8) is 0 Å². The van der Waals surface area contributed by atoms with Gasteiger partial charge in [0.2, 0.25) is 0 Å². The predicted molar refractivity (Wildman–Crippen MR) is 84.9 cm³/mol. The Morgan fingerprint density at radius 2 is 2.24 bits per heavy atom. The van der Waals surface area contributed by atoms with Gasteiger partial charge >= 0.3 is 5.97 Å². The highest BCUT2D eigenvalue weighted by Crippen LogP contribution is 2.27. The van der Waals surface area contributed by atoms with Crippen molar-refractivity contribution in [1.29, 1.82) is 0 Å². The zero-order valence-corrected chi connectivity index (χ0v) is 13.6. The van der Waals surface area contributed by atoms with Gasteiger partial charge in [0.1, 0.15) is 5.82 Å². The van der Waals surface area contributed by atoms with Crippen LogP contribution in [0.3, 0.4) is 0 Å². The van der Waals surface area contributed by atoms with E-state index >= 15 is 0 Å². The molecule has 0 amide bonds. The monoisotopic (exact) mass is 328 g/mol. The van der Waals surface area contributed by atoms with Gasteiger partial charge in [0.25, 0.3) is 0 Å². The number of imidazole rings is 1. The summed E-state index contributed by atoms with van der Waals surface area (Å²) in [5.74, 6) is 0.609. The molecule has 6 heteroatoms. The molecular weight excluding hydrogens is 311 g/mol. The van der Waals surface area contributed by atoms with Crippen LogP contribution in [-0.2, 0) is 16.1 Å². The Morgan fingerprint density at radius 1 is 1.48 bits per heavy atom. The molecule has 0 bridgehead atoms. The molecule has 0 aliphatic carbocycles. The standard InChI is InChI=1S/C15H18Cl2N2O2/c1-3-21-14(20)5-4-8-19-13-9-11(17)6-7-12(13)18-15(19)10(2)16/h6-7,9-10H,3-5,8H2,1-2H3. The molecule has 0 radical (unpaired) electrons. The van der Waals surface area contributed by atoms with Gasteiger partial charge in [-0.2, -0.15) is 0 Å². The van der Waals surface area contributed by atoms with Crippen LogP contribution in [0, 0.1) is 0 Å². The highest BCUT2D eigenvalue weighted by Gasteiger charge is 2.15. The Balaban J connectivity index is 2.22. The smallest absolute Gasteiger partial charge is 0.305 e. The van der Waals surface area contributed by atoms with Gasteiger partial charge in [-0.25, -0.2) is 4.98 Å². The Bertz CT molecular complexity index is 638. The van der Waals surface area contributed by atoms with Crippen LogP contribution in [0.4, 0.5) is 0 Å². The molecule has 4 nitrogen and oxygen atoms in total. The van der Waals surface area contributed by atoms with Crippen molar-refractivity contribution in [2.24, 2.45) is 0 Å². The number of benzene rings is 1. The number of halogens is 2. The lowest BCUT2D eigenvalue weighted by atomic mass is 10.2. The number of carbonyl (C=O) groups is 1. The van der Waals surface area contributed by atoms with Crippen LogP contribution in [0.5, 0.6) is 0 Å². The summed E-state index contributed by atoms with van der Waals surface area (Å²) in [6.45, 7) is 4.75. The maximum absolute atomic E-state index is 11.4. The molecule has 114 valence electrons. The van der Waals surface area contributed by atoms with E-state index in [2.05, 4.69) is 4.98 Å². The molecule has 0 saturated carbocycles. The van der Waals surface area contributed by atoms with Gasteiger partial charge in [0.05, 0.1) is 23.0 Å². The van der Waals surface area contributed by atoms with E-state index < -0.39 is 0 Å². The third kappa shape index (κ3) is 3.89. The lowest BCUT2D eigenvalue weighted by Crippen LogP contribution is -2.08. The Hall–Kier alpha value is -1.26. The number of fused-ring (bicyclic) bond motifs is 1. The second kappa shape index (κ2) is 7.14. The van der Waals surface area contributed by atoms with Crippen molar-refractivity contribution in [1.82, 2.24) is 9.55 Å². The van der Waals surface area contributed by atoms with E-state index in [9.17, 15) is 4.79 Å². The van der Waals surface area contributed by atoms with E-state index in [1.807, 2.05) is 29.7 Å². The highest BCUT2D eigenvalue weighted by molar-refractivity contribution is 6.31. The van der Waals surface area contributed by atoms with Gasteiger partial charge < -0.3 is 9.30 Å². The Morgan fingerprint density at radius 3 is 2.90 bits per heavy atom. The van der Waals surface area contributed by atoms with Crippen molar-refractivity contribution in [3.8, 4) is 0 Å². The van der Waals surface area contributed by atoms with Gasteiger partial charge in [-0.15, -0.1) is 11.6 Å². The molecule has 0 aliphatic heterocycles. The van der Waals surface area contributed by atoms with Crippen LogP contribution in [0.15, 0.2) is 18.2 Å². The van der Waals surface area contributed by atoms with Crippen LogP contribution < -0.4 is 0 Å². The van der Waals surface area contributed by atoms with Crippen LogP contribution in [-0.4, -0.2) is 22.1 Å². The van der Waals surface area contributed by atoms with E-state index in [0.717, 1.165) is 16.9 Å². The number of aryl methyl sites for hydroxylation is 1. The summed E-state index contributed by atoms with van der Waals surface area (Å²) in [4.78, 5) is 16.0.